The Kier molecular flexibility index (Phi) is 6.09. The van der Waals surface area contributed by atoms with Crippen molar-refractivity contribution in [1.82, 2.24) is 14.1 Å². The second-order valence-corrected chi connectivity index (χ2v) is 9.55. The second-order valence-electron chi connectivity index (χ2n) is 7.68. The molecule has 7 nitrogen and oxygen atoms in total. The van der Waals surface area contributed by atoms with Crippen LogP contribution in [-0.2, 0) is 14.8 Å². The van der Waals surface area contributed by atoms with Gasteiger partial charge in [-0.25, -0.2) is 12.8 Å². The van der Waals surface area contributed by atoms with Crippen LogP contribution in [0.2, 0.25) is 0 Å². The summed E-state index contributed by atoms with van der Waals surface area (Å²) in [5.74, 6) is -0.506. The van der Waals surface area contributed by atoms with Gasteiger partial charge in [0.05, 0.1) is 17.1 Å². The molecule has 0 bridgehead atoms. The molecule has 1 N–H and O–H groups in total. The molecule has 0 radical (unpaired) electrons. The summed E-state index contributed by atoms with van der Waals surface area (Å²) in [7, 11) is -3.69. The molecule has 1 aliphatic heterocycles. The minimum Gasteiger partial charge on any atom is -0.322 e. The quantitative estimate of drug-likeness (QED) is 0.802. The number of benzene rings is 1. The zero-order valence-electron chi connectivity index (χ0n) is 17.1. The third kappa shape index (κ3) is 4.20. The predicted octanol–water partition coefficient (Wildman–Crippen LogP) is 3.26. The molecule has 0 spiro atoms. The number of piperidine rings is 1. The normalized spacial score (nSPS) is 17.3. The fourth-order valence-corrected chi connectivity index (χ4v) is 5.49. The number of nitrogens with zero attached hydrogens (tertiary/aromatic N) is 3. The summed E-state index contributed by atoms with van der Waals surface area (Å²) in [5.41, 5.74) is 0.824. The van der Waals surface area contributed by atoms with E-state index in [1.54, 1.807) is 26.8 Å². The molecule has 29 heavy (non-hydrogen) atoms. The van der Waals surface area contributed by atoms with Gasteiger partial charge in [0.1, 0.15) is 16.8 Å². The number of nitrogens with one attached hydrogen (secondary N) is 1. The minimum absolute atomic E-state index is 0.0705. The Morgan fingerprint density at radius 2 is 1.86 bits per heavy atom. The van der Waals surface area contributed by atoms with E-state index in [1.807, 2.05) is 0 Å². The van der Waals surface area contributed by atoms with Crippen molar-refractivity contribution in [3.05, 3.63) is 41.5 Å². The standard InChI is InChI=1S/C20H27FN4O3S/c1-13-9-11-24(12-10-13)29(27,28)19-14(2)23-25(15(19)3)16(4)20(26)22-18-8-6-5-7-17(18)21/h5-8,13,16H,9-12H2,1-4H3,(H,22,26)/t16-/m1/s1. The Labute approximate surface area is 171 Å². The molecule has 1 amide bonds. The molecule has 1 atom stereocenters. The van der Waals surface area contributed by atoms with Crippen LogP contribution >= 0.6 is 0 Å². The number of aryl methyl sites for hydroxylation is 1. The number of halogens is 1. The van der Waals surface area contributed by atoms with E-state index in [2.05, 4.69) is 17.3 Å². The number of carbonyl (C=O) groups is 1. The summed E-state index contributed by atoms with van der Waals surface area (Å²) in [6.07, 6.45) is 1.65. The highest BCUT2D eigenvalue weighted by Crippen LogP contribution is 2.29. The van der Waals surface area contributed by atoms with Crippen LogP contribution in [0, 0.1) is 25.6 Å². The number of amides is 1. The second kappa shape index (κ2) is 8.23. The van der Waals surface area contributed by atoms with Crippen molar-refractivity contribution < 1.29 is 17.6 Å². The van der Waals surface area contributed by atoms with Crippen LogP contribution in [0.3, 0.4) is 0 Å². The van der Waals surface area contributed by atoms with Crippen molar-refractivity contribution in [2.45, 2.75) is 51.5 Å². The van der Waals surface area contributed by atoms with Gasteiger partial charge >= 0.3 is 0 Å². The first kappa shape index (κ1) is 21.4. The molecule has 1 aromatic carbocycles. The number of para-hydroxylation sites is 1. The molecule has 0 saturated carbocycles. The number of sulfonamides is 1. The van der Waals surface area contributed by atoms with Gasteiger partial charge in [-0.3, -0.25) is 9.48 Å². The molecule has 1 aliphatic rings. The Morgan fingerprint density at radius 3 is 2.48 bits per heavy atom. The average Bonchev–Trinajstić information content (AvgIpc) is 2.98. The molecule has 9 heteroatoms. The lowest BCUT2D eigenvalue weighted by atomic mass is 10.0. The summed E-state index contributed by atoms with van der Waals surface area (Å²) >= 11 is 0. The molecule has 0 aliphatic carbocycles. The van der Waals surface area contributed by atoms with Crippen molar-refractivity contribution in [3.8, 4) is 0 Å². The van der Waals surface area contributed by atoms with Crippen LogP contribution in [0.1, 0.15) is 44.1 Å². The number of hydrogen-bond donors (Lipinski definition) is 1. The van der Waals surface area contributed by atoms with Crippen LogP contribution in [0.4, 0.5) is 10.1 Å². The van der Waals surface area contributed by atoms with E-state index >= 15 is 0 Å². The maximum atomic E-state index is 13.8. The first-order chi connectivity index (χ1) is 13.6. The number of rotatable bonds is 5. The van der Waals surface area contributed by atoms with E-state index in [0.717, 1.165) is 12.8 Å². The molecule has 1 aromatic heterocycles. The van der Waals surface area contributed by atoms with Gasteiger partial charge in [-0.2, -0.15) is 9.40 Å². The van der Waals surface area contributed by atoms with Crippen molar-refractivity contribution in [2.24, 2.45) is 5.92 Å². The Hall–Kier alpha value is -2.26. The predicted molar refractivity (Wildman–Crippen MR) is 109 cm³/mol. The molecule has 2 heterocycles. The number of aromatic nitrogens is 2. The van der Waals surface area contributed by atoms with Crippen molar-refractivity contribution in [1.29, 1.82) is 0 Å². The molecule has 1 fully saturated rings. The van der Waals surface area contributed by atoms with Crippen LogP contribution in [0.25, 0.3) is 0 Å². The van der Waals surface area contributed by atoms with E-state index in [4.69, 9.17) is 0 Å². The summed E-state index contributed by atoms with van der Waals surface area (Å²) < 4.78 is 43.1. The first-order valence-electron chi connectivity index (χ1n) is 9.74. The third-order valence-electron chi connectivity index (χ3n) is 5.48. The number of carbonyl (C=O) groups excluding carboxylic acids is 1. The lowest BCUT2D eigenvalue weighted by Crippen LogP contribution is -2.38. The monoisotopic (exact) mass is 422 g/mol. The Balaban J connectivity index is 1.87. The maximum absolute atomic E-state index is 13.8. The Morgan fingerprint density at radius 1 is 1.24 bits per heavy atom. The highest BCUT2D eigenvalue weighted by Gasteiger charge is 2.34. The van der Waals surface area contributed by atoms with Gasteiger partial charge in [-0.15, -0.1) is 0 Å². The van der Waals surface area contributed by atoms with Gasteiger partial charge in [0, 0.05) is 13.1 Å². The molecule has 158 valence electrons. The molecule has 3 rings (SSSR count). The van der Waals surface area contributed by atoms with Gasteiger partial charge in [-0.1, -0.05) is 19.1 Å². The fourth-order valence-electron chi connectivity index (χ4n) is 3.66. The van der Waals surface area contributed by atoms with Gasteiger partial charge in [0.15, 0.2) is 0 Å². The molecule has 2 aromatic rings. The smallest absolute Gasteiger partial charge is 0.249 e. The highest BCUT2D eigenvalue weighted by molar-refractivity contribution is 7.89. The third-order valence-corrected chi connectivity index (χ3v) is 7.63. The van der Waals surface area contributed by atoms with E-state index in [9.17, 15) is 17.6 Å². The maximum Gasteiger partial charge on any atom is 0.249 e. The average molecular weight is 423 g/mol. The molecular formula is C20H27FN4O3S. The lowest BCUT2D eigenvalue weighted by Gasteiger charge is -2.29. The summed E-state index contributed by atoms with van der Waals surface area (Å²) in [6.45, 7) is 7.97. The van der Waals surface area contributed by atoms with E-state index in [0.29, 0.717) is 30.4 Å². The SMILES string of the molecule is Cc1nn([C@H](C)C(=O)Nc2ccccc2F)c(C)c1S(=O)(=O)N1CCC(C)CC1. The van der Waals surface area contributed by atoms with Crippen LogP contribution in [0.15, 0.2) is 29.2 Å². The Bertz CT molecular complexity index is 1010. The molecular weight excluding hydrogens is 395 g/mol. The van der Waals surface area contributed by atoms with Crippen molar-refractivity contribution in [3.63, 3.8) is 0 Å². The summed E-state index contributed by atoms with van der Waals surface area (Å²) in [5, 5.41) is 6.86. The van der Waals surface area contributed by atoms with Crippen LogP contribution in [0.5, 0.6) is 0 Å². The van der Waals surface area contributed by atoms with E-state index in [-0.39, 0.29) is 10.6 Å². The van der Waals surface area contributed by atoms with Crippen molar-refractivity contribution >= 4 is 21.6 Å². The number of hydrogen-bond acceptors (Lipinski definition) is 4. The van der Waals surface area contributed by atoms with E-state index in [1.165, 1.54) is 27.2 Å². The number of anilines is 1. The highest BCUT2D eigenvalue weighted by atomic mass is 32.2. The minimum atomic E-state index is -3.69. The fraction of sp³-hybridized carbons (Fsp3) is 0.500. The van der Waals surface area contributed by atoms with Gasteiger partial charge in [-0.05, 0) is 51.7 Å². The van der Waals surface area contributed by atoms with Crippen LogP contribution in [-0.4, -0.2) is 41.5 Å². The van der Waals surface area contributed by atoms with Crippen molar-refractivity contribution in [2.75, 3.05) is 18.4 Å². The first-order valence-corrected chi connectivity index (χ1v) is 11.2. The topological polar surface area (TPSA) is 84.3 Å². The van der Waals surface area contributed by atoms with E-state index < -0.39 is 27.8 Å². The molecule has 0 unspecified atom stereocenters. The van der Waals surface area contributed by atoms with Gasteiger partial charge in [0.2, 0.25) is 15.9 Å². The van der Waals surface area contributed by atoms with Gasteiger partial charge in [0.25, 0.3) is 0 Å². The molecule has 1 saturated heterocycles. The van der Waals surface area contributed by atoms with Gasteiger partial charge < -0.3 is 5.32 Å². The van der Waals surface area contributed by atoms with Crippen LogP contribution < -0.4 is 5.32 Å². The summed E-state index contributed by atoms with van der Waals surface area (Å²) in [4.78, 5) is 12.8. The zero-order chi connectivity index (χ0) is 21.3. The summed E-state index contributed by atoms with van der Waals surface area (Å²) in [6, 6.07) is 5.07. The lowest BCUT2D eigenvalue weighted by molar-refractivity contribution is -0.119. The largest absolute Gasteiger partial charge is 0.322 e. The zero-order valence-corrected chi connectivity index (χ0v) is 18.0.